The maximum atomic E-state index is 12.0. The molecule has 1 amide bonds. The highest BCUT2D eigenvalue weighted by Gasteiger charge is 2.19. The summed E-state index contributed by atoms with van der Waals surface area (Å²) in [6.07, 6.45) is 3.44. The predicted molar refractivity (Wildman–Crippen MR) is 68.0 cm³/mol. The molecule has 1 aliphatic heterocycles. The van der Waals surface area contributed by atoms with E-state index in [9.17, 15) is 4.79 Å². The Hall–Kier alpha value is -0.940. The average molecular weight is 299 g/mol. The standard InChI is InChI=1S/C12H15BrN2O2/c1-8-6-10(13)11(14-7-8)12(16)15-9-2-4-17-5-3-9/h6-7,9H,2-5H2,1H3,(H,15,16). The number of pyridine rings is 1. The maximum absolute atomic E-state index is 12.0. The molecule has 2 rings (SSSR count). The molecule has 0 unspecified atom stereocenters. The molecule has 4 nitrogen and oxygen atoms in total. The third kappa shape index (κ3) is 3.26. The Bertz CT molecular complexity index is 417. The van der Waals surface area contributed by atoms with Crippen molar-refractivity contribution in [1.29, 1.82) is 0 Å². The third-order valence-corrected chi connectivity index (χ3v) is 3.35. The summed E-state index contributed by atoms with van der Waals surface area (Å²) in [5, 5.41) is 2.98. The number of rotatable bonds is 2. The number of carbonyl (C=O) groups excluding carboxylic acids is 1. The molecule has 2 heterocycles. The zero-order chi connectivity index (χ0) is 12.3. The summed E-state index contributed by atoms with van der Waals surface area (Å²) >= 11 is 3.36. The van der Waals surface area contributed by atoms with Gasteiger partial charge in [0.25, 0.3) is 5.91 Å². The van der Waals surface area contributed by atoms with E-state index in [4.69, 9.17) is 4.74 Å². The van der Waals surface area contributed by atoms with Gasteiger partial charge in [-0.2, -0.15) is 0 Å². The number of amides is 1. The lowest BCUT2D eigenvalue weighted by molar-refractivity contribution is 0.0694. The lowest BCUT2D eigenvalue weighted by atomic mass is 10.1. The van der Waals surface area contributed by atoms with Gasteiger partial charge in [-0.05, 0) is 47.3 Å². The minimum atomic E-state index is -0.122. The van der Waals surface area contributed by atoms with Crippen LogP contribution in [0.25, 0.3) is 0 Å². The Morgan fingerprint density at radius 3 is 2.88 bits per heavy atom. The van der Waals surface area contributed by atoms with Gasteiger partial charge in [0.1, 0.15) is 5.69 Å². The van der Waals surface area contributed by atoms with Gasteiger partial charge in [0, 0.05) is 29.9 Å². The first kappa shape index (κ1) is 12.5. The Kier molecular flexibility index (Phi) is 4.12. The molecule has 1 aromatic rings. The average Bonchev–Trinajstić information content (AvgIpc) is 2.30. The Morgan fingerprint density at radius 2 is 2.24 bits per heavy atom. The minimum Gasteiger partial charge on any atom is -0.381 e. The smallest absolute Gasteiger partial charge is 0.271 e. The molecule has 0 bridgehead atoms. The number of nitrogens with one attached hydrogen (secondary N) is 1. The molecule has 0 aromatic carbocycles. The predicted octanol–water partition coefficient (Wildman–Crippen LogP) is 2.06. The Labute approximate surface area is 109 Å². The first-order valence-corrected chi connectivity index (χ1v) is 6.47. The molecular weight excluding hydrogens is 284 g/mol. The van der Waals surface area contributed by atoms with E-state index in [0.717, 1.165) is 22.9 Å². The van der Waals surface area contributed by atoms with Gasteiger partial charge in [-0.1, -0.05) is 0 Å². The molecule has 0 spiro atoms. The van der Waals surface area contributed by atoms with Crippen molar-refractivity contribution in [3.63, 3.8) is 0 Å². The van der Waals surface area contributed by atoms with Crippen LogP contribution in [0.3, 0.4) is 0 Å². The van der Waals surface area contributed by atoms with E-state index in [-0.39, 0.29) is 11.9 Å². The van der Waals surface area contributed by atoms with Gasteiger partial charge in [-0.3, -0.25) is 4.79 Å². The lowest BCUT2D eigenvalue weighted by Gasteiger charge is -2.23. The van der Waals surface area contributed by atoms with Crippen LogP contribution in [-0.2, 0) is 4.74 Å². The van der Waals surface area contributed by atoms with Gasteiger partial charge in [0.15, 0.2) is 0 Å². The molecule has 1 N–H and O–H groups in total. The number of nitrogens with zero attached hydrogens (tertiary/aromatic N) is 1. The number of halogens is 1. The van der Waals surface area contributed by atoms with E-state index < -0.39 is 0 Å². The molecule has 1 fully saturated rings. The van der Waals surface area contributed by atoms with E-state index in [1.807, 2.05) is 13.0 Å². The van der Waals surface area contributed by atoms with E-state index in [1.54, 1.807) is 6.20 Å². The van der Waals surface area contributed by atoms with E-state index in [0.29, 0.717) is 18.9 Å². The number of carbonyl (C=O) groups is 1. The first-order chi connectivity index (χ1) is 8.16. The summed E-state index contributed by atoms with van der Waals surface area (Å²) in [7, 11) is 0. The van der Waals surface area contributed by atoms with Crippen molar-refractivity contribution in [2.45, 2.75) is 25.8 Å². The minimum absolute atomic E-state index is 0.122. The fourth-order valence-corrected chi connectivity index (χ4v) is 2.44. The second-order valence-corrected chi connectivity index (χ2v) is 5.06. The van der Waals surface area contributed by atoms with Crippen LogP contribution in [0.4, 0.5) is 0 Å². The van der Waals surface area contributed by atoms with Crippen LogP contribution in [0.2, 0.25) is 0 Å². The van der Waals surface area contributed by atoms with Crippen LogP contribution in [0.5, 0.6) is 0 Å². The molecule has 5 heteroatoms. The van der Waals surface area contributed by atoms with Crippen molar-refractivity contribution in [1.82, 2.24) is 10.3 Å². The van der Waals surface area contributed by atoms with Crippen LogP contribution < -0.4 is 5.32 Å². The summed E-state index contributed by atoms with van der Waals surface area (Å²) in [5.41, 5.74) is 1.47. The molecule has 1 aromatic heterocycles. The highest BCUT2D eigenvalue weighted by atomic mass is 79.9. The molecule has 0 radical (unpaired) electrons. The molecule has 0 aliphatic carbocycles. The number of aromatic nitrogens is 1. The van der Waals surface area contributed by atoms with Gasteiger partial charge in [-0.25, -0.2) is 4.98 Å². The molecular formula is C12H15BrN2O2. The second-order valence-electron chi connectivity index (χ2n) is 4.20. The summed E-state index contributed by atoms with van der Waals surface area (Å²) in [6, 6.07) is 2.09. The van der Waals surface area contributed by atoms with Crippen LogP contribution >= 0.6 is 15.9 Å². The molecule has 17 heavy (non-hydrogen) atoms. The molecule has 92 valence electrons. The summed E-state index contributed by atoms with van der Waals surface area (Å²) in [5.74, 6) is -0.122. The molecule has 1 saturated heterocycles. The maximum Gasteiger partial charge on any atom is 0.271 e. The fourth-order valence-electron chi connectivity index (χ4n) is 1.80. The van der Waals surface area contributed by atoms with Crippen molar-refractivity contribution in [3.8, 4) is 0 Å². The molecule has 0 atom stereocenters. The van der Waals surface area contributed by atoms with Crippen molar-refractivity contribution < 1.29 is 9.53 Å². The monoisotopic (exact) mass is 298 g/mol. The normalized spacial score (nSPS) is 16.8. The van der Waals surface area contributed by atoms with Crippen LogP contribution in [0.1, 0.15) is 28.9 Å². The van der Waals surface area contributed by atoms with E-state index >= 15 is 0 Å². The van der Waals surface area contributed by atoms with E-state index in [2.05, 4.69) is 26.2 Å². The Balaban J connectivity index is 2.03. The zero-order valence-electron chi connectivity index (χ0n) is 9.70. The van der Waals surface area contributed by atoms with Crippen molar-refractivity contribution >= 4 is 21.8 Å². The van der Waals surface area contributed by atoms with Gasteiger partial charge in [0.05, 0.1) is 0 Å². The van der Waals surface area contributed by atoms with Crippen LogP contribution in [-0.4, -0.2) is 30.1 Å². The van der Waals surface area contributed by atoms with Crippen molar-refractivity contribution in [3.05, 3.63) is 28.0 Å². The van der Waals surface area contributed by atoms with Crippen molar-refractivity contribution in [2.24, 2.45) is 0 Å². The molecule has 1 aliphatic rings. The quantitative estimate of drug-likeness (QED) is 0.909. The SMILES string of the molecule is Cc1cnc(C(=O)NC2CCOCC2)c(Br)c1. The highest BCUT2D eigenvalue weighted by molar-refractivity contribution is 9.10. The Morgan fingerprint density at radius 1 is 1.53 bits per heavy atom. The van der Waals surface area contributed by atoms with E-state index in [1.165, 1.54) is 0 Å². The van der Waals surface area contributed by atoms with Gasteiger partial charge >= 0.3 is 0 Å². The highest BCUT2D eigenvalue weighted by Crippen LogP contribution is 2.16. The third-order valence-electron chi connectivity index (χ3n) is 2.75. The number of aryl methyl sites for hydroxylation is 1. The van der Waals surface area contributed by atoms with Gasteiger partial charge in [-0.15, -0.1) is 0 Å². The van der Waals surface area contributed by atoms with Gasteiger partial charge < -0.3 is 10.1 Å². The van der Waals surface area contributed by atoms with Crippen LogP contribution in [0, 0.1) is 6.92 Å². The summed E-state index contributed by atoms with van der Waals surface area (Å²) < 4.78 is 5.99. The lowest BCUT2D eigenvalue weighted by Crippen LogP contribution is -2.39. The zero-order valence-corrected chi connectivity index (χ0v) is 11.3. The topological polar surface area (TPSA) is 51.2 Å². The first-order valence-electron chi connectivity index (χ1n) is 5.67. The summed E-state index contributed by atoms with van der Waals surface area (Å²) in [4.78, 5) is 16.2. The molecule has 0 saturated carbocycles. The fraction of sp³-hybridized carbons (Fsp3) is 0.500. The van der Waals surface area contributed by atoms with Crippen molar-refractivity contribution in [2.75, 3.05) is 13.2 Å². The summed E-state index contributed by atoms with van der Waals surface area (Å²) in [6.45, 7) is 3.37. The number of hydrogen-bond donors (Lipinski definition) is 1. The number of hydrogen-bond acceptors (Lipinski definition) is 3. The number of ether oxygens (including phenoxy) is 1. The second kappa shape index (κ2) is 5.60. The largest absolute Gasteiger partial charge is 0.381 e. The van der Waals surface area contributed by atoms with Gasteiger partial charge in [0.2, 0.25) is 0 Å². The van der Waals surface area contributed by atoms with Crippen LogP contribution in [0.15, 0.2) is 16.7 Å².